The van der Waals surface area contributed by atoms with Crippen molar-refractivity contribution in [3.8, 4) is 16.2 Å². The van der Waals surface area contributed by atoms with Crippen molar-refractivity contribution in [2.75, 3.05) is 17.2 Å². The fourth-order valence-electron chi connectivity index (χ4n) is 2.66. The van der Waals surface area contributed by atoms with Crippen molar-refractivity contribution in [1.82, 2.24) is 0 Å². The Kier molecular flexibility index (Phi) is 4.78. The molecule has 2 heterocycles. The summed E-state index contributed by atoms with van der Waals surface area (Å²) in [5.74, 6) is 0.0975. The Morgan fingerprint density at radius 3 is 2.63 bits per heavy atom. The number of halogens is 2. The highest BCUT2D eigenvalue weighted by atomic mass is 35.5. The fourth-order valence-corrected chi connectivity index (χ4v) is 4.08. The number of hydrogen-bond donors (Lipinski definition) is 2. The van der Waals surface area contributed by atoms with E-state index in [2.05, 4.69) is 10.6 Å². The molecule has 2 N–H and O–H groups in total. The van der Waals surface area contributed by atoms with E-state index in [1.54, 1.807) is 42.5 Å². The van der Waals surface area contributed by atoms with Crippen LogP contribution in [0.3, 0.4) is 0 Å². The molecule has 8 heteroatoms. The first-order chi connectivity index (χ1) is 13.0. The molecule has 1 aliphatic rings. The molecule has 1 aromatic heterocycles. The number of ether oxygens (including phenoxy) is 1. The minimum atomic E-state index is -0.248. The highest BCUT2D eigenvalue weighted by molar-refractivity contribution is 7.17. The van der Waals surface area contributed by atoms with E-state index in [1.165, 1.54) is 11.3 Å². The molecule has 0 radical (unpaired) electrons. The Morgan fingerprint density at radius 1 is 1.07 bits per heavy atom. The Hall–Kier alpha value is -2.54. The Morgan fingerprint density at radius 2 is 1.85 bits per heavy atom. The average Bonchev–Trinajstić information content (AvgIpc) is 3.11. The molecule has 1 aliphatic heterocycles. The van der Waals surface area contributed by atoms with E-state index in [0.29, 0.717) is 32.0 Å². The molecule has 0 spiro atoms. The summed E-state index contributed by atoms with van der Waals surface area (Å²) in [7, 11) is 0. The zero-order valence-electron chi connectivity index (χ0n) is 13.7. The van der Waals surface area contributed by atoms with Crippen LogP contribution in [0, 0.1) is 0 Å². The van der Waals surface area contributed by atoms with Gasteiger partial charge in [-0.1, -0.05) is 23.2 Å². The highest BCUT2D eigenvalue weighted by Gasteiger charge is 2.17. The van der Waals surface area contributed by atoms with Gasteiger partial charge in [0.1, 0.15) is 5.75 Å². The van der Waals surface area contributed by atoms with Crippen molar-refractivity contribution in [3.63, 3.8) is 0 Å². The molecule has 2 aromatic carbocycles. The lowest BCUT2D eigenvalue weighted by Gasteiger charge is -2.18. The minimum absolute atomic E-state index is 0.00973. The standard InChI is InChI=1S/C19H12Cl2N2O3S/c20-11-5-10(6-12(21)7-11)16-3-4-17(27-16)19(25)22-13-1-2-15-14(8-13)23-18(24)9-26-15/h1-8H,9H2,(H,22,25)(H,23,24). The van der Waals surface area contributed by atoms with Crippen LogP contribution in [0.25, 0.3) is 10.4 Å². The van der Waals surface area contributed by atoms with Crippen molar-refractivity contribution in [3.05, 3.63) is 63.5 Å². The van der Waals surface area contributed by atoms with E-state index < -0.39 is 0 Å². The Balaban J connectivity index is 1.53. The second-order valence-electron chi connectivity index (χ2n) is 5.82. The molecule has 136 valence electrons. The molecule has 2 amide bonds. The highest BCUT2D eigenvalue weighted by Crippen LogP contribution is 2.34. The number of thiophene rings is 1. The molecule has 27 heavy (non-hydrogen) atoms. The maximum Gasteiger partial charge on any atom is 0.265 e. The zero-order valence-corrected chi connectivity index (χ0v) is 16.0. The van der Waals surface area contributed by atoms with Gasteiger partial charge in [-0.15, -0.1) is 11.3 Å². The summed E-state index contributed by atoms with van der Waals surface area (Å²) in [6.45, 7) is -0.00973. The predicted octanol–water partition coefficient (Wildman–Crippen LogP) is 5.31. The molecule has 0 saturated carbocycles. The summed E-state index contributed by atoms with van der Waals surface area (Å²) in [6, 6.07) is 13.9. The summed E-state index contributed by atoms with van der Waals surface area (Å²) in [6.07, 6.45) is 0. The summed E-state index contributed by atoms with van der Waals surface area (Å²) in [4.78, 5) is 25.4. The molecule has 0 bridgehead atoms. The monoisotopic (exact) mass is 418 g/mol. The van der Waals surface area contributed by atoms with Gasteiger partial charge in [-0.25, -0.2) is 0 Å². The van der Waals surface area contributed by atoms with Crippen LogP contribution in [0.2, 0.25) is 10.0 Å². The van der Waals surface area contributed by atoms with Gasteiger partial charge in [-0.3, -0.25) is 9.59 Å². The molecule has 5 nitrogen and oxygen atoms in total. The molecule has 0 fully saturated rings. The van der Waals surface area contributed by atoms with Gasteiger partial charge < -0.3 is 15.4 Å². The van der Waals surface area contributed by atoms with Crippen molar-refractivity contribution in [2.24, 2.45) is 0 Å². The van der Waals surface area contributed by atoms with Gasteiger partial charge in [-0.05, 0) is 54.1 Å². The van der Waals surface area contributed by atoms with Crippen LogP contribution < -0.4 is 15.4 Å². The number of rotatable bonds is 3. The van der Waals surface area contributed by atoms with Crippen LogP contribution in [-0.2, 0) is 4.79 Å². The number of carbonyl (C=O) groups excluding carboxylic acids is 2. The zero-order chi connectivity index (χ0) is 19.0. The number of nitrogens with one attached hydrogen (secondary N) is 2. The molecule has 0 aliphatic carbocycles. The number of carbonyl (C=O) groups is 2. The summed E-state index contributed by atoms with van der Waals surface area (Å²) < 4.78 is 5.31. The molecular weight excluding hydrogens is 407 g/mol. The van der Waals surface area contributed by atoms with Gasteiger partial charge in [0, 0.05) is 20.6 Å². The van der Waals surface area contributed by atoms with Gasteiger partial charge in [0.2, 0.25) is 0 Å². The Bertz CT molecular complexity index is 1040. The summed E-state index contributed by atoms with van der Waals surface area (Å²) >= 11 is 13.4. The molecule has 4 rings (SSSR count). The van der Waals surface area contributed by atoms with E-state index >= 15 is 0 Å². The van der Waals surface area contributed by atoms with Crippen molar-refractivity contribution in [2.45, 2.75) is 0 Å². The third-order valence-electron chi connectivity index (χ3n) is 3.85. The van der Waals surface area contributed by atoms with Crippen LogP contribution >= 0.6 is 34.5 Å². The van der Waals surface area contributed by atoms with E-state index in [1.807, 2.05) is 6.07 Å². The normalized spacial score (nSPS) is 12.7. The fraction of sp³-hybridized carbons (Fsp3) is 0.0526. The maximum atomic E-state index is 12.6. The molecule has 0 saturated heterocycles. The number of amides is 2. The average molecular weight is 419 g/mol. The van der Waals surface area contributed by atoms with E-state index in [-0.39, 0.29) is 18.4 Å². The van der Waals surface area contributed by atoms with Crippen LogP contribution in [0.4, 0.5) is 11.4 Å². The first-order valence-corrected chi connectivity index (χ1v) is 9.49. The number of benzene rings is 2. The lowest BCUT2D eigenvalue weighted by molar-refractivity contribution is -0.118. The topological polar surface area (TPSA) is 67.4 Å². The van der Waals surface area contributed by atoms with Crippen molar-refractivity contribution in [1.29, 1.82) is 0 Å². The van der Waals surface area contributed by atoms with Gasteiger partial charge in [0.25, 0.3) is 11.8 Å². The molecule has 0 atom stereocenters. The molecular formula is C19H12Cl2N2O3S. The number of fused-ring (bicyclic) bond motifs is 1. The smallest absolute Gasteiger partial charge is 0.265 e. The SMILES string of the molecule is O=C1COc2ccc(NC(=O)c3ccc(-c4cc(Cl)cc(Cl)c4)s3)cc2N1. The van der Waals surface area contributed by atoms with E-state index in [4.69, 9.17) is 27.9 Å². The Labute approximate surface area is 168 Å². The van der Waals surface area contributed by atoms with Gasteiger partial charge >= 0.3 is 0 Å². The van der Waals surface area contributed by atoms with Gasteiger partial charge in [0.15, 0.2) is 6.61 Å². The second-order valence-corrected chi connectivity index (χ2v) is 7.78. The van der Waals surface area contributed by atoms with Crippen molar-refractivity contribution < 1.29 is 14.3 Å². The third-order valence-corrected chi connectivity index (χ3v) is 5.42. The third kappa shape index (κ3) is 3.93. The predicted molar refractivity (Wildman–Crippen MR) is 108 cm³/mol. The van der Waals surface area contributed by atoms with Gasteiger partial charge in [-0.2, -0.15) is 0 Å². The first-order valence-electron chi connectivity index (χ1n) is 7.92. The van der Waals surface area contributed by atoms with Crippen LogP contribution in [0.15, 0.2) is 48.5 Å². The van der Waals surface area contributed by atoms with Crippen LogP contribution in [0.1, 0.15) is 9.67 Å². The first kappa shape index (κ1) is 17.9. The molecule has 3 aromatic rings. The maximum absolute atomic E-state index is 12.6. The van der Waals surface area contributed by atoms with Crippen molar-refractivity contribution >= 4 is 57.7 Å². The van der Waals surface area contributed by atoms with E-state index in [9.17, 15) is 9.59 Å². The molecule has 0 unspecified atom stereocenters. The lowest BCUT2D eigenvalue weighted by Crippen LogP contribution is -2.25. The van der Waals surface area contributed by atoms with E-state index in [0.717, 1.165) is 10.4 Å². The lowest BCUT2D eigenvalue weighted by atomic mass is 10.2. The minimum Gasteiger partial charge on any atom is -0.482 e. The summed E-state index contributed by atoms with van der Waals surface area (Å²) in [5, 5.41) is 6.61. The number of hydrogen-bond acceptors (Lipinski definition) is 4. The second kappa shape index (κ2) is 7.23. The van der Waals surface area contributed by atoms with Crippen LogP contribution in [-0.4, -0.2) is 18.4 Å². The van der Waals surface area contributed by atoms with Crippen LogP contribution in [0.5, 0.6) is 5.75 Å². The quantitative estimate of drug-likeness (QED) is 0.605. The number of anilines is 2. The summed E-state index contributed by atoms with van der Waals surface area (Å²) in [5.41, 5.74) is 1.94. The van der Waals surface area contributed by atoms with Gasteiger partial charge in [0.05, 0.1) is 10.6 Å². The largest absolute Gasteiger partial charge is 0.482 e.